The summed E-state index contributed by atoms with van der Waals surface area (Å²) in [4.78, 5) is 0. The van der Waals surface area contributed by atoms with E-state index < -0.39 is 18.2 Å². The van der Waals surface area contributed by atoms with E-state index in [1.54, 1.807) is 12.3 Å². The number of rotatable bonds is 4. The van der Waals surface area contributed by atoms with Gasteiger partial charge >= 0.3 is 6.18 Å². The lowest BCUT2D eigenvalue weighted by Crippen LogP contribution is -2.58. The summed E-state index contributed by atoms with van der Waals surface area (Å²) < 4.78 is 36.1. The molecule has 7 heteroatoms. The second-order valence-electron chi connectivity index (χ2n) is 2.27. The molecule has 0 aliphatic rings. The van der Waals surface area contributed by atoms with Crippen molar-refractivity contribution in [2.75, 3.05) is 6.54 Å². The Morgan fingerprint density at radius 3 is 2.25 bits per heavy atom. The molecule has 0 aliphatic heterocycles. The minimum atomic E-state index is -4.43. The van der Waals surface area contributed by atoms with Gasteiger partial charge < -0.3 is 5.32 Å². The van der Waals surface area contributed by atoms with Gasteiger partial charge in [-0.15, -0.1) is 0 Å². The number of halogens is 3. The highest BCUT2D eigenvalue weighted by Gasteiger charge is 2.41. The molecule has 0 heterocycles. The molecule has 2 unspecified atom stereocenters. The minimum Gasteiger partial charge on any atom is -0.321 e. The van der Waals surface area contributed by atoms with Gasteiger partial charge in [-0.25, -0.2) is 5.43 Å². The van der Waals surface area contributed by atoms with Gasteiger partial charge in [0.2, 0.25) is 0 Å². The van der Waals surface area contributed by atoms with Gasteiger partial charge in [0.05, 0.1) is 7.85 Å². The van der Waals surface area contributed by atoms with E-state index in [1.165, 1.54) is 0 Å². The van der Waals surface area contributed by atoms with E-state index in [1.807, 2.05) is 0 Å². The van der Waals surface area contributed by atoms with Crippen molar-refractivity contribution in [3.63, 3.8) is 0 Å². The van der Waals surface area contributed by atoms with Crippen LogP contribution in [0, 0.1) is 0 Å². The monoisotopic (exact) mass is 181 g/mol. The second-order valence-corrected chi connectivity index (χ2v) is 2.27. The maximum atomic E-state index is 12.0. The predicted molar refractivity (Wildman–Crippen MR) is 40.4 cm³/mol. The van der Waals surface area contributed by atoms with Gasteiger partial charge in [-0.3, -0.25) is 5.84 Å². The van der Waals surface area contributed by atoms with E-state index in [-0.39, 0.29) is 0 Å². The SMILES string of the molecule is [B]C(NCC)C(NN)C(F)(F)F. The molecule has 0 aromatic rings. The van der Waals surface area contributed by atoms with E-state index >= 15 is 0 Å². The van der Waals surface area contributed by atoms with Crippen molar-refractivity contribution in [2.24, 2.45) is 5.84 Å². The molecule has 0 bridgehead atoms. The standard InChI is InChI=1S/C5H11BF3N3/c1-2-11-4(6)3(12-10)5(7,8)9/h3-4,11-12H,2,10H2,1H3. The van der Waals surface area contributed by atoms with Crippen molar-refractivity contribution >= 4 is 7.85 Å². The third-order valence-corrected chi connectivity index (χ3v) is 1.33. The molecular formula is C5H11BF3N3. The Kier molecular flexibility index (Phi) is 4.58. The second kappa shape index (κ2) is 4.69. The topological polar surface area (TPSA) is 50.1 Å². The molecule has 0 rings (SSSR count). The summed E-state index contributed by atoms with van der Waals surface area (Å²) in [6.45, 7) is 2.01. The lowest BCUT2D eigenvalue weighted by Gasteiger charge is -2.26. The van der Waals surface area contributed by atoms with Crippen molar-refractivity contribution in [2.45, 2.75) is 25.1 Å². The highest BCUT2D eigenvalue weighted by Crippen LogP contribution is 2.20. The van der Waals surface area contributed by atoms with Crippen LogP contribution in [0.2, 0.25) is 0 Å². The van der Waals surface area contributed by atoms with Crippen molar-refractivity contribution in [1.82, 2.24) is 10.7 Å². The van der Waals surface area contributed by atoms with Crippen LogP contribution in [0.15, 0.2) is 0 Å². The molecule has 4 N–H and O–H groups in total. The fraction of sp³-hybridized carbons (Fsp3) is 1.00. The first-order valence-corrected chi connectivity index (χ1v) is 3.45. The molecular weight excluding hydrogens is 170 g/mol. The molecule has 70 valence electrons. The average Bonchev–Trinajstić information content (AvgIpc) is 1.85. The molecule has 0 aromatic carbocycles. The zero-order valence-corrected chi connectivity index (χ0v) is 6.65. The summed E-state index contributed by atoms with van der Waals surface area (Å²) in [5, 5.41) is 2.42. The zero-order chi connectivity index (χ0) is 9.78. The van der Waals surface area contributed by atoms with Crippen LogP contribution in [0.5, 0.6) is 0 Å². The Bertz CT molecular complexity index is 130. The Balaban J connectivity index is 4.14. The van der Waals surface area contributed by atoms with E-state index in [4.69, 9.17) is 13.7 Å². The average molecular weight is 181 g/mol. The van der Waals surface area contributed by atoms with Crippen LogP contribution >= 0.6 is 0 Å². The van der Waals surface area contributed by atoms with Crippen molar-refractivity contribution in [1.29, 1.82) is 0 Å². The number of alkyl halides is 3. The van der Waals surface area contributed by atoms with Crippen LogP contribution in [0.3, 0.4) is 0 Å². The molecule has 3 nitrogen and oxygen atoms in total. The van der Waals surface area contributed by atoms with Crippen molar-refractivity contribution in [3.05, 3.63) is 0 Å². The lowest BCUT2D eigenvalue weighted by atomic mass is 9.89. The van der Waals surface area contributed by atoms with Crippen LogP contribution in [0.25, 0.3) is 0 Å². The van der Waals surface area contributed by atoms with Crippen LogP contribution in [0.1, 0.15) is 6.92 Å². The van der Waals surface area contributed by atoms with Crippen molar-refractivity contribution in [3.8, 4) is 0 Å². The number of hydrazine groups is 1. The highest BCUT2D eigenvalue weighted by molar-refractivity contribution is 6.12. The molecule has 0 aromatic heterocycles. The number of nitrogens with one attached hydrogen (secondary N) is 2. The summed E-state index contributed by atoms with van der Waals surface area (Å²) >= 11 is 0. The summed E-state index contributed by atoms with van der Waals surface area (Å²) in [6.07, 6.45) is -4.43. The lowest BCUT2D eigenvalue weighted by molar-refractivity contribution is -0.157. The fourth-order valence-corrected chi connectivity index (χ4v) is 0.755. The molecule has 0 amide bonds. The summed E-state index contributed by atoms with van der Waals surface area (Å²) in [7, 11) is 5.15. The van der Waals surface area contributed by atoms with Crippen LogP contribution in [0.4, 0.5) is 13.2 Å². The number of likely N-dealkylation sites (N-methyl/N-ethyl adjacent to an activating group) is 1. The normalized spacial score (nSPS) is 17.4. The number of hydrogen-bond acceptors (Lipinski definition) is 3. The maximum Gasteiger partial charge on any atom is 0.405 e. The van der Waals surface area contributed by atoms with Crippen molar-refractivity contribution < 1.29 is 13.2 Å². The first-order chi connectivity index (χ1) is 5.43. The van der Waals surface area contributed by atoms with Gasteiger partial charge in [0.1, 0.15) is 6.04 Å². The molecule has 12 heavy (non-hydrogen) atoms. The van der Waals surface area contributed by atoms with Gasteiger partial charge in [-0.2, -0.15) is 13.2 Å². The maximum absolute atomic E-state index is 12.0. The summed E-state index contributed by atoms with van der Waals surface area (Å²) in [5.74, 6) is 3.48. The van der Waals surface area contributed by atoms with Gasteiger partial charge in [-0.1, -0.05) is 6.92 Å². The third kappa shape index (κ3) is 3.42. The Morgan fingerprint density at radius 2 is 2.00 bits per heavy atom. The van der Waals surface area contributed by atoms with E-state index in [9.17, 15) is 13.2 Å². The first kappa shape index (κ1) is 11.7. The quantitative estimate of drug-likeness (QED) is 0.311. The van der Waals surface area contributed by atoms with Crippen LogP contribution < -0.4 is 16.6 Å². The molecule has 0 spiro atoms. The third-order valence-electron chi connectivity index (χ3n) is 1.33. The van der Waals surface area contributed by atoms with Gasteiger partial charge in [0.15, 0.2) is 0 Å². The summed E-state index contributed by atoms with van der Waals surface area (Å²) in [6, 6.07) is -1.92. The zero-order valence-electron chi connectivity index (χ0n) is 6.65. The van der Waals surface area contributed by atoms with Crippen LogP contribution in [-0.4, -0.2) is 32.6 Å². The predicted octanol–water partition coefficient (Wildman–Crippen LogP) is -0.515. The van der Waals surface area contributed by atoms with Crippen LogP contribution in [-0.2, 0) is 0 Å². The van der Waals surface area contributed by atoms with E-state index in [0.29, 0.717) is 6.54 Å². The number of nitrogens with two attached hydrogens (primary N) is 1. The van der Waals surface area contributed by atoms with Gasteiger partial charge in [0, 0.05) is 0 Å². The molecule has 0 saturated heterocycles. The Labute approximate surface area is 70.3 Å². The Hall–Kier alpha value is -0.265. The molecule has 0 fully saturated rings. The Morgan fingerprint density at radius 1 is 1.50 bits per heavy atom. The molecule has 2 atom stereocenters. The first-order valence-electron chi connectivity index (χ1n) is 3.45. The van der Waals surface area contributed by atoms with Gasteiger partial charge in [0.25, 0.3) is 0 Å². The minimum absolute atomic E-state index is 0.357. The number of hydrogen-bond donors (Lipinski definition) is 3. The van der Waals surface area contributed by atoms with E-state index in [0.717, 1.165) is 0 Å². The fourth-order valence-electron chi connectivity index (χ4n) is 0.755. The van der Waals surface area contributed by atoms with Gasteiger partial charge in [-0.05, 0) is 12.5 Å². The van der Waals surface area contributed by atoms with E-state index in [2.05, 4.69) is 5.32 Å². The largest absolute Gasteiger partial charge is 0.405 e. The highest BCUT2D eigenvalue weighted by atomic mass is 19.4. The molecule has 0 saturated carbocycles. The smallest absolute Gasteiger partial charge is 0.321 e. The summed E-state index contributed by atoms with van der Waals surface area (Å²) in [5.41, 5.74) is 1.61. The molecule has 0 aliphatic carbocycles. The molecule has 2 radical (unpaired) electrons.